The molecule has 1 aromatic carbocycles. The van der Waals surface area contributed by atoms with Gasteiger partial charge in [0.15, 0.2) is 4.34 Å². The van der Waals surface area contributed by atoms with Gasteiger partial charge in [-0.2, -0.15) is 0 Å². The Morgan fingerprint density at radius 3 is 2.76 bits per heavy atom. The number of benzene rings is 1. The van der Waals surface area contributed by atoms with E-state index in [9.17, 15) is 0 Å². The van der Waals surface area contributed by atoms with Gasteiger partial charge in [-0.05, 0) is 30.7 Å². The first-order valence-corrected chi connectivity index (χ1v) is 9.20. The summed E-state index contributed by atoms with van der Waals surface area (Å²) in [6.45, 7) is 4.11. The summed E-state index contributed by atoms with van der Waals surface area (Å²) in [6.07, 6.45) is 1.15. The fraction of sp³-hybridized carbons (Fsp3) is 0.429. The molecule has 21 heavy (non-hydrogen) atoms. The standard InChI is InChI=1S/C14H19BrN4S2/c1-4-7-16-9-10-5-6-11(8-12(10)15)20-14-18-17-13(21-14)19(2)3/h5-6,8,16H,4,7,9H2,1-3H3. The second kappa shape index (κ2) is 8.12. The fourth-order valence-electron chi connectivity index (χ4n) is 1.66. The van der Waals surface area contributed by atoms with Crippen molar-refractivity contribution in [1.29, 1.82) is 0 Å². The van der Waals surface area contributed by atoms with Crippen LogP contribution in [0.5, 0.6) is 0 Å². The van der Waals surface area contributed by atoms with E-state index in [4.69, 9.17) is 0 Å². The summed E-state index contributed by atoms with van der Waals surface area (Å²) in [5.74, 6) is 0. The first-order valence-electron chi connectivity index (χ1n) is 6.78. The smallest absolute Gasteiger partial charge is 0.208 e. The minimum Gasteiger partial charge on any atom is -0.353 e. The van der Waals surface area contributed by atoms with Crippen molar-refractivity contribution in [3.63, 3.8) is 0 Å². The van der Waals surface area contributed by atoms with Crippen molar-refractivity contribution in [1.82, 2.24) is 15.5 Å². The molecule has 2 aromatic rings. The molecule has 1 heterocycles. The van der Waals surface area contributed by atoms with E-state index in [2.05, 4.69) is 56.6 Å². The molecule has 0 spiro atoms. The molecule has 0 bridgehead atoms. The zero-order valence-electron chi connectivity index (χ0n) is 12.4. The Morgan fingerprint density at radius 2 is 2.14 bits per heavy atom. The zero-order valence-corrected chi connectivity index (χ0v) is 15.6. The van der Waals surface area contributed by atoms with Gasteiger partial charge in [0, 0.05) is 30.0 Å². The van der Waals surface area contributed by atoms with E-state index in [0.29, 0.717) is 0 Å². The first kappa shape index (κ1) is 16.7. The molecule has 0 saturated carbocycles. The minimum absolute atomic E-state index is 0.892. The predicted octanol–water partition coefficient (Wildman–Crippen LogP) is 4.02. The highest BCUT2D eigenvalue weighted by Gasteiger charge is 2.08. The van der Waals surface area contributed by atoms with Crippen LogP contribution in [-0.4, -0.2) is 30.8 Å². The Hall–Kier alpha value is -0.630. The van der Waals surface area contributed by atoms with E-state index in [0.717, 1.165) is 33.5 Å². The van der Waals surface area contributed by atoms with Gasteiger partial charge in [-0.1, -0.05) is 52.0 Å². The van der Waals surface area contributed by atoms with Crippen LogP contribution in [-0.2, 0) is 6.54 Å². The van der Waals surface area contributed by atoms with Crippen LogP contribution in [0.25, 0.3) is 0 Å². The van der Waals surface area contributed by atoms with Gasteiger partial charge in [-0.25, -0.2) is 0 Å². The molecule has 114 valence electrons. The summed E-state index contributed by atoms with van der Waals surface area (Å²) in [5.41, 5.74) is 1.28. The molecule has 1 N–H and O–H groups in total. The molecule has 0 saturated heterocycles. The Morgan fingerprint density at radius 1 is 1.33 bits per heavy atom. The van der Waals surface area contributed by atoms with E-state index in [1.165, 1.54) is 10.5 Å². The highest BCUT2D eigenvalue weighted by atomic mass is 79.9. The average molecular weight is 387 g/mol. The van der Waals surface area contributed by atoms with E-state index in [1.54, 1.807) is 23.1 Å². The molecule has 1 aromatic heterocycles. The molecular weight excluding hydrogens is 368 g/mol. The molecule has 0 atom stereocenters. The second-order valence-electron chi connectivity index (χ2n) is 4.78. The number of hydrogen-bond acceptors (Lipinski definition) is 6. The van der Waals surface area contributed by atoms with Crippen LogP contribution in [0.15, 0.2) is 31.9 Å². The maximum atomic E-state index is 4.21. The topological polar surface area (TPSA) is 41.1 Å². The van der Waals surface area contributed by atoms with Crippen LogP contribution in [0.2, 0.25) is 0 Å². The van der Waals surface area contributed by atoms with Crippen molar-refractivity contribution in [2.24, 2.45) is 0 Å². The summed E-state index contributed by atoms with van der Waals surface area (Å²) in [4.78, 5) is 3.14. The van der Waals surface area contributed by atoms with Gasteiger partial charge in [0.05, 0.1) is 0 Å². The van der Waals surface area contributed by atoms with Crippen LogP contribution in [0.1, 0.15) is 18.9 Å². The number of halogens is 1. The largest absolute Gasteiger partial charge is 0.353 e. The van der Waals surface area contributed by atoms with Gasteiger partial charge in [-0.3, -0.25) is 0 Å². The second-order valence-corrected chi connectivity index (χ2v) is 7.91. The van der Waals surface area contributed by atoms with Gasteiger partial charge >= 0.3 is 0 Å². The summed E-state index contributed by atoms with van der Waals surface area (Å²) in [7, 11) is 3.95. The lowest BCUT2D eigenvalue weighted by Gasteiger charge is -2.07. The third-order valence-corrected chi connectivity index (χ3v) is 5.62. The normalized spacial score (nSPS) is 10.9. The molecule has 4 nitrogen and oxygen atoms in total. The maximum Gasteiger partial charge on any atom is 0.208 e. The Labute approximate surface area is 142 Å². The highest BCUT2D eigenvalue weighted by molar-refractivity contribution is 9.10. The monoisotopic (exact) mass is 386 g/mol. The molecule has 0 unspecified atom stereocenters. The van der Waals surface area contributed by atoms with E-state index in [1.807, 2.05) is 19.0 Å². The van der Waals surface area contributed by atoms with Crippen molar-refractivity contribution >= 4 is 44.2 Å². The van der Waals surface area contributed by atoms with Gasteiger partial charge in [0.25, 0.3) is 0 Å². The molecule has 0 aliphatic carbocycles. The molecule has 7 heteroatoms. The van der Waals surface area contributed by atoms with E-state index < -0.39 is 0 Å². The maximum absolute atomic E-state index is 4.21. The lowest BCUT2D eigenvalue weighted by atomic mass is 10.2. The quantitative estimate of drug-likeness (QED) is 0.727. The molecule has 0 radical (unpaired) electrons. The van der Waals surface area contributed by atoms with Crippen molar-refractivity contribution in [3.05, 3.63) is 28.2 Å². The Kier molecular flexibility index (Phi) is 6.47. The van der Waals surface area contributed by atoms with Crippen molar-refractivity contribution < 1.29 is 0 Å². The lowest BCUT2D eigenvalue weighted by molar-refractivity contribution is 0.673. The average Bonchev–Trinajstić information content (AvgIpc) is 2.90. The molecule has 0 aliphatic heterocycles. The van der Waals surface area contributed by atoms with E-state index in [-0.39, 0.29) is 0 Å². The van der Waals surface area contributed by atoms with Crippen LogP contribution < -0.4 is 10.2 Å². The number of aromatic nitrogens is 2. The SMILES string of the molecule is CCCNCc1ccc(Sc2nnc(N(C)C)s2)cc1Br. The van der Waals surface area contributed by atoms with Crippen molar-refractivity contribution in [3.8, 4) is 0 Å². The number of rotatable bonds is 7. The third kappa shape index (κ3) is 4.95. The molecule has 0 aliphatic rings. The number of anilines is 1. The van der Waals surface area contributed by atoms with Gasteiger partial charge < -0.3 is 10.2 Å². The number of nitrogens with one attached hydrogen (secondary N) is 1. The first-order chi connectivity index (χ1) is 10.1. The third-order valence-electron chi connectivity index (χ3n) is 2.75. The summed E-state index contributed by atoms with van der Waals surface area (Å²) < 4.78 is 2.09. The fourth-order valence-corrected chi connectivity index (χ4v) is 4.11. The highest BCUT2D eigenvalue weighted by Crippen LogP contribution is 2.34. The van der Waals surface area contributed by atoms with Gasteiger partial charge in [0.1, 0.15) is 0 Å². The molecule has 0 amide bonds. The zero-order chi connectivity index (χ0) is 15.2. The van der Waals surface area contributed by atoms with Gasteiger partial charge in [-0.15, -0.1) is 10.2 Å². The summed E-state index contributed by atoms with van der Waals surface area (Å²) in [5, 5.41) is 12.7. The number of nitrogens with zero attached hydrogens (tertiary/aromatic N) is 3. The lowest BCUT2D eigenvalue weighted by Crippen LogP contribution is -2.14. The van der Waals surface area contributed by atoms with Gasteiger partial charge in [0.2, 0.25) is 5.13 Å². The number of hydrogen-bond donors (Lipinski definition) is 1. The Balaban J connectivity index is 2.02. The minimum atomic E-state index is 0.892. The van der Waals surface area contributed by atoms with Crippen molar-refractivity contribution in [2.75, 3.05) is 25.5 Å². The van der Waals surface area contributed by atoms with Crippen LogP contribution in [0.3, 0.4) is 0 Å². The van der Waals surface area contributed by atoms with Crippen LogP contribution in [0, 0.1) is 0 Å². The summed E-state index contributed by atoms with van der Waals surface area (Å²) >= 11 is 6.89. The summed E-state index contributed by atoms with van der Waals surface area (Å²) in [6, 6.07) is 6.43. The van der Waals surface area contributed by atoms with Crippen LogP contribution in [0.4, 0.5) is 5.13 Å². The predicted molar refractivity (Wildman–Crippen MR) is 94.5 cm³/mol. The molecular formula is C14H19BrN4S2. The van der Waals surface area contributed by atoms with Crippen molar-refractivity contribution in [2.45, 2.75) is 29.1 Å². The Bertz CT molecular complexity index is 586. The molecule has 2 rings (SSSR count). The van der Waals surface area contributed by atoms with Crippen LogP contribution >= 0.6 is 39.0 Å². The van der Waals surface area contributed by atoms with E-state index >= 15 is 0 Å². The molecule has 0 fully saturated rings.